The first-order valence-corrected chi connectivity index (χ1v) is 6.74. The summed E-state index contributed by atoms with van der Waals surface area (Å²) in [5.41, 5.74) is 9.23. The minimum Gasteiger partial charge on any atom is -0.337 e. The Bertz CT molecular complexity index is 543. The van der Waals surface area contributed by atoms with Gasteiger partial charge in [0.1, 0.15) is 0 Å². The van der Waals surface area contributed by atoms with Crippen LogP contribution >= 0.6 is 11.8 Å². The Hall–Kier alpha value is -1.52. The van der Waals surface area contributed by atoms with Crippen LogP contribution in [0.2, 0.25) is 0 Å². The highest BCUT2D eigenvalue weighted by Gasteiger charge is 2.28. The van der Waals surface area contributed by atoms with Crippen molar-refractivity contribution in [2.45, 2.75) is 25.6 Å². The molecule has 2 aliphatic rings. The Labute approximate surface area is 117 Å². The van der Waals surface area contributed by atoms with Gasteiger partial charge in [0.15, 0.2) is 0 Å². The molecule has 0 radical (unpaired) electrons. The maximum Gasteiger partial charge on any atom is 0.239 e. The Kier molecular flexibility index (Phi) is 3.21. The molecule has 0 unspecified atom stereocenters. The summed E-state index contributed by atoms with van der Waals surface area (Å²) in [5, 5.41) is 0. The van der Waals surface area contributed by atoms with Crippen LogP contribution in [0.15, 0.2) is 24.4 Å². The summed E-state index contributed by atoms with van der Waals surface area (Å²) in [5.74, 6) is 0.0557. The fraction of sp³-hybridized carbons (Fsp3) is 0.357. The highest BCUT2D eigenvalue weighted by Crippen LogP contribution is 2.23. The van der Waals surface area contributed by atoms with Gasteiger partial charge < -0.3 is 10.6 Å². The summed E-state index contributed by atoms with van der Waals surface area (Å²) in [4.78, 5) is 13.6. The molecule has 5 heteroatoms. The summed E-state index contributed by atoms with van der Waals surface area (Å²) in [6.07, 6.45) is 4.60. The Morgan fingerprint density at radius 1 is 1.42 bits per heavy atom. The third-order valence-electron chi connectivity index (χ3n) is 3.66. The molecule has 1 amide bonds. The van der Waals surface area contributed by atoms with E-state index in [1.807, 2.05) is 17.2 Å². The lowest BCUT2D eigenvalue weighted by Gasteiger charge is -2.20. The number of nitrogens with two attached hydrogens (primary N) is 1. The number of fused-ring (bicyclic) bond motifs is 1. The summed E-state index contributed by atoms with van der Waals surface area (Å²) in [6.45, 7) is 2.10. The van der Waals surface area contributed by atoms with Crippen LogP contribution in [0.1, 0.15) is 23.1 Å². The van der Waals surface area contributed by atoms with Crippen LogP contribution in [0.5, 0.6) is 0 Å². The van der Waals surface area contributed by atoms with Gasteiger partial charge in [-0.2, -0.15) is 0 Å². The maximum atomic E-state index is 11.8. The molecular formula is C14H16ClN3O. The van der Waals surface area contributed by atoms with Crippen molar-refractivity contribution in [1.82, 2.24) is 9.32 Å². The lowest BCUT2D eigenvalue weighted by molar-refractivity contribution is -0.129. The van der Waals surface area contributed by atoms with Crippen molar-refractivity contribution in [2.24, 2.45) is 5.73 Å². The van der Waals surface area contributed by atoms with Crippen LogP contribution in [0.25, 0.3) is 6.08 Å². The molecule has 1 atom stereocenters. The zero-order valence-corrected chi connectivity index (χ0v) is 11.3. The van der Waals surface area contributed by atoms with Gasteiger partial charge in [-0.15, -0.1) is 0 Å². The smallest absolute Gasteiger partial charge is 0.239 e. The Balaban J connectivity index is 1.77. The molecule has 0 saturated carbocycles. The van der Waals surface area contributed by atoms with Crippen molar-refractivity contribution in [1.29, 1.82) is 0 Å². The number of carbonyl (C=O) groups excluding carboxylic acids is 1. The SMILES string of the molecule is N[C@H]1CCN(Cc2ccc3c(c2)C=CN(Cl)C3)C1=O. The second kappa shape index (κ2) is 4.87. The second-order valence-electron chi connectivity index (χ2n) is 5.06. The number of halogens is 1. The zero-order valence-electron chi connectivity index (χ0n) is 10.6. The van der Waals surface area contributed by atoms with Gasteiger partial charge in [0, 0.05) is 31.1 Å². The van der Waals surface area contributed by atoms with Crippen LogP contribution in [0, 0.1) is 0 Å². The molecule has 2 N–H and O–H groups in total. The predicted molar refractivity (Wildman–Crippen MR) is 74.9 cm³/mol. The normalized spacial score (nSPS) is 22.0. The third kappa shape index (κ3) is 2.46. The highest BCUT2D eigenvalue weighted by molar-refractivity contribution is 6.14. The van der Waals surface area contributed by atoms with E-state index < -0.39 is 0 Å². The predicted octanol–water partition coefficient (Wildman–Crippen LogP) is 1.69. The first kappa shape index (κ1) is 12.5. The number of carbonyl (C=O) groups is 1. The number of hydrogen-bond acceptors (Lipinski definition) is 3. The van der Waals surface area contributed by atoms with Crippen molar-refractivity contribution in [3.05, 3.63) is 41.1 Å². The molecule has 19 heavy (non-hydrogen) atoms. The third-order valence-corrected chi connectivity index (χ3v) is 3.89. The molecule has 0 aliphatic carbocycles. The molecular weight excluding hydrogens is 262 g/mol. The van der Waals surface area contributed by atoms with Crippen molar-refractivity contribution in [3.8, 4) is 0 Å². The maximum absolute atomic E-state index is 11.8. The molecule has 2 heterocycles. The van der Waals surface area contributed by atoms with E-state index in [4.69, 9.17) is 17.5 Å². The summed E-state index contributed by atoms with van der Waals surface area (Å²) >= 11 is 5.94. The number of nitrogens with zero attached hydrogens (tertiary/aromatic N) is 2. The van der Waals surface area contributed by atoms with Gasteiger partial charge in [-0.3, -0.25) is 9.21 Å². The van der Waals surface area contributed by atoms with Gasteiger partial charge in [-0.05, 0) is 35.3 Å². The van der Waals surface area contributed by atoms with E-state index in [1.165, 1.54) is 11.1 Å². The van der Waals surface area contributed by atoms with E-state index in [-0.39, 0.29) is 11.9 Å². The minimum absolute atomic E-state index is 0.0557. The van der Waals surface area contributed by atoms with Gasteiger partial charge in [0.2, 0.25) is 5.91 Å². The second-order valence-corrected chi connectivity index (χ2v) is 5.50. The molecule has 0 aromatic heterocycles. The van der Waals surface area contributed by atoms with E-state index in [1.54, 1.807) is 4.42 Å². The van der Waals surface area contributed by atoms with Crippen molar-refractivity contribution < 1.29 is 4.79 Å². The van der Waals surface area contributed by atoms with Gasteiger partial charge in [0.25, 0.3) is 0 Å². The summed E-state index contributed by atoms with van der Waals surface area (Å²) in [6, 6.07) is 5.93. The van der Waals surface area contributed by atoms with Gasteiger partial charge in [-0.1, -0.05) is 12.1 Å². The van der Waals surface area contributed by atoms with E-state index in [2.05, 4.69) is 18.2 Å². The van der Waals surface area contributed by atoms with Gasteiger partial charge in [0.05, 0.1) is 12.6 Å². The molecule has 100 valence electrons. The number of benzene rings is 1. The number of likely N-dealkylation sites (tertiary alicyclic amines) is 1. The van der Waals surface area contributed by atoms with Crippen LogP contribution in [0.4, 0.5) is 0 Å². The molecule has 0 spiro atoms. The van der Waals surface area contributed by atoms with Crippen LogP contribution in [-0.4, -0.2) is 27.8 Å². The average Bonchev–Trinajstić information content (AvgIpc) is 2.71. The number of hydrogen-bond donors (Lipinski definition) is 1. The number of rotatable bonds is 2. The minimum atomic E-state index is -0.317. The molecule has 4 nitrogen and oxygen atoms in total. The monoisotopic (exact) mass is 277 g/mol. The summed E-state index contributed by atoms with van der Waals surface area (Å²) in [7, 11) is 0. The van der Waals surface area contributed by atoms with E-state index in [9.17, 15) is 4.79 Å². The van der Waals surface area contributed by atoms with Crippen molar-refractivity contribution >= 4 is 23.8 Å². The van der Waals surface area contributed by atoms with E-state index in [0.29, 0.717) is 13.1 Å². The quantitative estimate of drug-likeness (QED) is 0.837. The molecule has 1 fully saturated rings. The largest absolute Gasteiger partial charge is 0.337 e. The van der Waals surface area contributed by atoms with Crippen molar-refractivity contribution in [3.63, 3.8) is 0 Å². The topological polar surface area (TPSA) is 49.6 Å². The van der Waals surface area contributed by atoms with Crippen LogP contribution < -0.4 is 5.73 Å². The lowest BCUT2D eigenvalue weighted by Crippen LogP contribution is -2.33. The molecule has 0 bridgehead atoms. The molecule has 1 saturated heterocycles. The fourth-order valence-electron chi connectivity index (χ4n) is 2.56. The molecule has 1 aromatic carbocycles. The average molecular weight is 278 g/mol. The first-order chi connectivity index (χ1) is 9.13. The van der Waals surface area contributed by atoms with E-state index in [0.717, 1.165) is 18.5 Å². The zero-order chi connectivity index (χ0) is 13.4. The molecule has 1 aromatic rings. The molecule has 3 rings (SSSR count). The van der Waals surface area contributed by atoms with E-state index >= 15 is 0 Å². The number of amides is 1. The Morgan fingerprint density at radius 2 is 2.26 bits per heavy atom. The molecule has 2 aliphatic heterocycles. The van der Waals surface area contributed by atoms with Crippen molar-refractivity contribution in [2.75, 3.05) is 6.54 Å². The summed E-state index contributed by atoms with van der Waals surface area (Å²) < 4.78 is 1.63. The lowest BCUT2D eigenvalue weighted by atomic mass is 10.0. The van der Waals surface area contributed by atoms with Crippen LogP contribution in [0.3, 0.4) is 0 Å². The Morgan fingerprint density at radius 3 is 3.00 bits per heavy atom. The van der Waals surface area contributed by atoms with Gasteiger partial charge >= 0.3 is 0 Å². The standard InChI is InChI=1S/C14H16ClN3O/c15-18-6-3-11-7-10(1-2-12(11)9-18)8-17-5-4-13(16)14(17)19/h1-3,6-7,13H,4-5,8-9,16H2/t13-/m0/s1. The first-order valence-electron chi connectivity index (χ1n) is 6.40. The highest BCUT2D eigenvalue weighted by atomic mass is 35.5. The van der Waals surface area contributed by atoms with Crippen LogP contribution in [-0.2, 0) is 17.9 Å². The van der Waals surface area contributed by atoms with Gasteiger partial charge in [-0.25, -0.2) is 0 Å². The fourth-order valence-corrected chi connectivity index (χ4v) is 2.74.